The van der Waals surface area contributed by atoms with Gasteiger partial charge in [0.2, 0.25) is 5.91 Å². The SMILES string of the molecule is O=C(CCN(Cc1ccccc1)C(=O)c1cc(-c2ccc(F)cc2)on1)NCc1ccco1. The van der Waals surface area contributed by atoms with Crippen molar-refractivity contribution in [2.24, 2.45) is 0 Å². The summed E-state index contributed by atoms with van der Waals surface area (Å²) in [4.78, 5) is 27.1. The van der Waals surface area contributed by atoms with Crippen LogP contribution in [0.4, 0.5) is 4.39 Å². The van der Waals surface area contributed by atoms with Crippen molar-refractivity contribution in [3.05, 3.63) is 102 Å². The summed E-state index contributed by atoms with van der Waals surface area (Å²) in [6.07, 6.45) is 1.65. The number of amides is 2. The molecule has 0 saturated heterocycles. The topological polar surface area (TPSA) is 88.6 Å². The van der Waals surface area contributed by atoms with Crippen molar-refractivity contribution in [2.45, 2.75) is 19.5 Å². The van der Waals surface area contributed by atoms with Crippen molar-refractivity contribution in [1.29, 1.82) is 0 Å². The number of nitrogens with zero attached hydrogens (tertiary/aromatic N) is 2. The van der Waals surface area contributed by atoms with Crippen LogP contribution in [0.2, 0.25) is 0 Å². The molecular formula is C25H22FN3O4. The summed E-state index contributed by atoms with van der Waals surface area (Å²) >= 11 is 0. The predicted octanol–water partition coefficient (Wildman–Crippen LogP) is 4.42. The Labute approximate surface area is 189 Å². The lowest BCUT2D eigenvalue weighted by atomic mass is 10.1. The van der Waals surface area contributed by atoms with Gasteiger partial charge in [0.15, 0.2) is 11.5 Å². The van der Waals surface area contributed by atoms with E-state index in [0.717, 1.165) is 5.56 Å². The monoisotopic (exact) mass is 447 g/mol. The van der Waals surface area contributed by atoms with E-state index in [2.05, 4.69) is 10.5 Å². The van der Waals surface area contributed by atoms with Crippen LogP contribution in [0.3, 0.4) is 0 Å². The molecule has 2 aromatic heterocycles. The van der Waals surface area contributed by atoms with Gasteiger partial charge < -0.3 is 19.2 Å². The first-order valence-electron chi connectivity index (χ1n) is 10.4. The van der Waals surface area contributed by atoms with E-state index in [1.807, 2.05) is 30.3 Å². The minimum Gasteiger partial charge on any atom is -0.467 e. The number of aromatic nitrogens is 1. The third-order valence-electron chi connectivity index (χ3n) is 5.01. The van der Waals surface area contributed by atoms with Crippen LogP contribution in [0.15, 0.2) is 88.0 Å². The summed E-state index contributed by atoms with van der Waals surface area (Å²) in [6.45, 7) is 0.781. The summed E-state index contributed by atoms with van der Waals surface area (Å²) in [5, 5.41) is 6.68. The van der Waals surface area contributed by atoms with Crippen LogP contribution in [-0.4, -0.2) is 28.4 Å². The number of halogens is 1. The van der Waals surface area contributed by atoms with E-state index in [1.165, 1.54) is 18.2 Å². The van der Waals surface area contributed by atoms with Crippen molar-refractivity contribution in [2.75, 3.05) is 6.54 Å². The smallest absolute Gasteiger partial charge is 0.276 e. The number of benzene rings is 2. The molecule has 0 atom stereocenters. The molecule has 0 bridgehead atoms. The highest BCUT2D eigenvalue weighted by Crippen LogP contribution is 2.22. The number of hydrogen-bond donors (Lipinski definition) is 1. The number of carbonyl (C=O) groups excluding carboxylic acids is 2. The maximum Gasteiger partial charge on any atom is 0.276 e. The van der Waals surface area contributed by atoms with Crippen molar-refractivity contribution in [1.82, 2.24) is 15.4 Å². The zero-order valence-electron chi connectivity index (χ0n) is 17.7. The molecule has 168 valence electrons. The van der Waals surface area contributed by atoms with Gasteiger partial charge in [0.25, 0.3) is 5.91 Å². The van der Waals surface area contributed by atoms with Crippen LogP contribution in [-0.2, 0) is 17.9 Å². The van der Waals surface area contributed by atoms with E-state index in [-0.39, 0.29) is 42.8 Å². The second-order valence-corrected chi connectivity index (χ2v) is 7.40. The first kappa shape index (κ1) is 22.0. The molecule has 0 aliphatic heterocycles. The van der Waals surface area contributed by atoms with E-state index < -0.39 is 0 Å². The molecule has 0 unspecified atom stereocenters. The largest absolute Gasteiger partial charge is 0.467 e. The molecule has 0 saturated carbocycles. The molecule has 33 heavy (non-hydrogen) atoms. The number of nitrogens with one attached hydrogen (secondary N) is 1. The van der Waals surface area contributed by atoms with Gasteiger partial charge >= 0.3 is 0 Å². The standard InChI is InChI=1S/C25H22FN3O4/c26-20-10-8-19(9-11-20)23-15-22(28-33-23)25(31)29(17-18-5-2-1-3-6-18)13-12-24(30)27-16-21-7-4-14-32-21/h1-11,14-15H,12-13,16-17H2,(H,27,30). The number of hydrogen-bond acceptors (Lipinski definition) is 5. The van der Waals surface area contributed by atoms with Crippen LogP contribution in [0, 0.1) is 5.82 Å². The summed E-state index contributed by atoms with van der Waals surface area (Å²) in [5.74, 6) is 0.0684. The van der Waals surface area contributed by atoms with Crippen molar-refractivity contribution in [3.63, 3.8) is 0 Å². The van der Waals surface area contributed by atoms with Gasteiger partial charge in [0.05, 0.1) is 12.8 Å². The normalized spacial score (nSPS) is 10.7. The quantitative estimate of drug-likeness (QED) is 0.410. The van der Waals surface area contributed by atoms with Gasteiger partial charge in [-0.1, -0.05) is 35.5 Å². The molecule has 0 fully saturated rings. The summed E-state index contributed by atoms with van der Waals surface area (Å²) < 4.78 is 23.7. The molecular weight excluding hydrogens is 425 g/mol. The van der Waals surface area contributed by atoms with Crippen LogP contribution < -0.4 is 5.32 Å². The predicted molar refractivity (Wildman–Crippen MR) is 118 cm³/mol. The maximum atomic E-state index is 13.2. The molecule has 0 aliphatic carbocycles. The molecule has 8 heteroatoms. The maximum absolute atomic E-state index is 13.2. The minimum atomic E-state index is -0.367. The molecule has 2 amide bonds. The van der Waals surface area contributed by atoms with Gasteiger partial charge in [-0.15, -0.1) is 0 Å². The number of carbonyl (C=O) groups is 2. The first-order valence-corrected chi connectivity index (χ1v) is 10.4. The third-order valence-corrected chi connectivity index (χ3v) is 5.01. The van der Waals surface area contributed by atoms with Crippen molar-refractivity contribution < 1.29 is 22.9 Å². The Morgan fingerprint density at radius 2 is 1.79 bits per heavy atom. The van der Waals surface area contributed by atoms with Crippen LogP contribution in [0.1, 0.15) is 28.2 Å². The zero-order valence-corrected chi connectivity index (χ0v) is 17.7. The lowest BCUT2D eigenvalue weighted by Crippen LogP contribution is -2.35. The highest BCUT2D eigenvalue weighted by Gasteiger charge is 2.22. The fraction of sp³-hybridized carbons (Fsp3) is 0.160. The Kier molecular flexibility index (Phi) is 6.94. The minimum absolute atomic E-state index is 0.112. The molecule has 2 heterocycles. The van der Waals surface area contributed by atoms with Gasteiger partial charge in [-0.05, 0) is 42.0 Å². The lowest BCUT2D eigenvalue weighted by molar-refractivity contribution is -0.121. The van der Waals surface area contributed by atoms with Gasteiger partial charge in [0, 0.05) is 31.1 Å². The van der Waals surface area contributed by atoms with Gasteiger partial charge in [0.1, 0.15) is 11.6 Å². The fourth-order valence-corrected chi connectivity index (χ4v) is 3.27. The van der Waals surface area contributed by atoms with E-state index in [0.29, 0.717) is 23.6 Å². The molecule has 1 N–H and O–H groups in total. The van der Waals surface area contributed by atoms with E-state index in [4.69, 9.17) is 8.94 Å². The summed E-state index contributed by atoms with van der Waals surface area (Å²) in [5.41, 5.74) is 1.64. The molecule has 0 spiro atoms. The molecule has 7 nitrogen and oxygen atoms in total. The number of furan rings is 1. The molecule has 0 aliphatic rings. The highest BCUT2D eigenvalue weighted by molar-refractivity contribution is 5.93. The second kappa shape index (κ2) is 10.4. The molecule has 2 aromatic carbocycles. The van der Waals surface area contributed by atoms with E-state index in [9.17, 15) is 14.0 Å². The van der Waals surface area contributed by atoms with Crippen molar-refractivity contribution in [3.8, 4) is 11.3 Å². The van der Waals surface area contributed by atoms with Crippen molar-refractivity contribution >= 4 is 11.8 Å². The first-order chi connectivity index (χ1) is 16.1. The average molecular weight is 447 g/mol. The highest BCUT2D eigenvalue weighted by atomic mass is 19.1. The van der Waals surface area contributed by atoms with Gasteiger partial charge in [-0.25, -0.2) is 4.39 Å². The third kappa shape index (κ3) is 5.94. The average Bonchev–Trinajstić information content (AvgIpc) is 3.54. The Balaban J connectivity index is 1.45. The molecule has 0 radical (unpaired) electrons. The fourth-order valence-electron chi connectivity index (χ4n) is 3.27. The number of rotatable bonds is 9. The Morgan fingerprint density at radius 1 is 1.00 bits per heavy atom. The molecule has 4 rings (SSSR count). The summed E-state index contributed by atoms with van der Waals surface area (Å²) in [7, 11) is 0. The van der Waals surface area contributed by atoms with Crippen LogP contribution in [0.25, 0.3) is 11.3 Å². The van der Waals surface area contributed by atoms with Crippen LogP contribution >= 0.6 is 0 Å². The zero-order chi connectivity index (χ0) is 23.0. The van der Waals surface area contributed by atoms with Gasteiger partial charge in [-0.3, -0.25) is 9.59 Å². The second-order valence-electron chi connectivity index (χ2n) is 7.40. The van der Waals surface area contributed by atoms with Crippen LogP contribution in [0.5, 0.6) is 0 Å². The van der Waals surface area contributed by atoms with E-state index in [1.54, 1.807) is 35.4 Å². The summed E-state index contributed by atoms with van der Waals surface area (Å²) in [6, 6.07) is 20.2. The Morgan fingerprint density at radius 3 is 2.52 bits per heavy atom. The lowest BCUT2D eigenvalue weighted by Gasteiger charge is -2.21. The Bertz CT molecular complexity index is 1190. The Hall–Kier alpha value is -4.20. The van der Waals surface area contributed by atoms with E-state index >= 15 is 0 Å². The molecule has 4 aromatic rings. The van der Waals surface area contributed by atoms with Gasteiger partial charge in [-0.2, -0.15) is 0 Å².